The van der Waals surface area contributed by atoms with Crippen LogP contribution in [-0.2, 0) is 0 Å². The maximum atomic E-state index is 12.0. The zero-order valence-corrected chi connectivity index (χ0v) is 15.5. The Morgan fingerprint density at radius 2 is 1.70 bits per heavy atom. The second-order valence-electron chi connectivity index (χ2n) is 6.17. The van der Waals surface area contributed by atoms with Crippen molar-refractivity contribution in [2.75, 3.05) is 6.61 Å². The molecule has 0 fully saturated rings. The van der Waals surface area contributed by atoms with Gasteiger partial charge in [-0.3, -0.25) is 10.2 Å². The first-order chi connectivity index (χ1) is 12.9. The van der Waals surface area contributed by atoms with Crippen molar-refractivity contribution in [3.8, 4) is 11.8 Å². The SMILES string of the molecule is Cc1cccc(C)c1OCC(C)NC(=O)NNC(=O)c1ccc(C#N)cc1. The zero-order valence-electron chi connectivity index (χ0n) is 15.5. The molecule has 0 aliphatic heterocycles. The third-order valence-corrected chi connectivity index (χ3v) is 3.83. The summed E-state index contributed by atoms with van der Waals surface area (Å²) < 4.78 is 5.79. The third kappa shape index (κ3) is 5.75. The maximum Gasteiger partial charge on any atom is 0.333 e. The van der Waals surface area contributed by atoms with Crippen LogP contribution < -0.4 is 20.9 Å². The molecular formula is C20H22N4O3. The van der Waals surface area contributed by atoms with Crippen LogP contribution in [0.25, 0.3) is 0 Å². The van der Waals surface area contributed by atoms with E-state index in [0.717, 1.165) is 16.9 Å². The van der Waals surface area contributed by atoms with Crippen LogP contribution in [0.5, 0.6) is 5.75 Å². The van der Waals surface area contributed by atoms with Crippen LogP contribution in [0.4, 0.5) is 4.79 Å². The molecule has 0 aromatic heterocycles. The van der Waals surface area contributed by atoms with Gasteiger partial charge in [-0.05, 0) is 56.2 Å². The fraction of sp³-hybridized carbons (Fsp3) is 0.250. The van der Waals surface area contributed by atoms with Crippen LogP contribution in [0.2, 0.25) is 0 Å². The first-order valence-electron chi connectivity index (χ1n) is 8.46. The van der Waals surface area contributed by atoms with Crippen molar-refractivity contribution >= 4 is 11.9 Å². The number of urea groups is 1. The maximum absolute atomic E-state index is 12.0. The zero-order chi connectivity index (χ0) is 19.8. The summed E-state index contributed by atoms with van der Waals surface area (Å²) in [4.78, 5) is 23.9. The van der Waals surface area contributed by atoms with E-state index in [1.807, 2.05) is 38.1 Å². The van der Waals surface area contributed by atoms with E-state index in [9.17, 15) is 9.59 Å². The van der Waals surface area contributed by atoms with Gasteiger partial charge in [0.05, 0.1) is 17.7 Å². The van der Waals surface area contributed by atoms with Crippen molar-refractivity contribution < 1.29 is 14.3 Å². The summed E-state index contributed by atoms with van der Waals surface area (Å²) in [6.45, 7) is 6.02. The average molecular weight is 366 g/mol. The number of para-hydroxylation sites is 1. The second-order valence-corrected chi connectivity index (χ2v) is 6.17. The summed E-state index contributed by atoms with van der Waals surface area (Å²) in [5.41, 5.74) is 7.45. The van der Waals surface area contributed by atoms with Gasteiger partial charge in [-0.25, -0.2) is 10.2 Å². The standard InChI is InChI=1S/C20H22N4O3/c1-13-5-4-6-14(2)18(13)27-12-15(3)22-20(26)24-23-19(25)17-9-7-16(11-21)8-10-17/h4-10,15H,12H2,1-3H3,(H,23,25)(H2,22,24,26). The van der Waals surface area contributed by atoms with Crippen molar-refractivity contribution in [1.82, 2.24) is 16.2 Å². The smallest absolute Gasteiger partial charge is 0.333 e. The van der Waals surface area contributed by atoms with Gasteiger partial charge >= 0.3 is 6.03 Å². The Morgan fingerprint density at radius 1 is 1.07 bits per heavy atom. The number of ether oxygens (including phenoxy) is 1. The highest BCUT2D eigenvalue weighted by Crippen LogP contribution is 2.22. The van der Waals surface area contributed by atoms with Gasteiger partial charge in [0, 0.05) is 5.56 Å². The average Bonchev–Trinajstić information content (AvgIpc) is 2.65. The van der Waals surface area contributed by atoms with Gasteiger partial charge in [-0.1, -0.05) is 18.2 Å². The van der Waals surface area contributed by atoms with Crippen molar-refractivity contribution in [3.63, 3.8) is 0 Å². The minimum atomic E-state index is -0.547. The molecule has 27 heavy (non-hydrogen) atoms. The molecule has 7 nitrogen and oxygen atoms in total. The van der Waals surface area contributed by atoms with Gasteiger partial charge in [0.1, 0.15) is 12.4 Å². The number of hydrazine groups is 1. The summed E-state index contributed by atoms with van der Waals surface area (Å²) in [5.74, 6) is 0.328. The normalized spacial score (nSPS) is 11.0. The molecule has 2 aromatic rings. The first-order valence-corrected chi connectivity index (χ1v) is 8.46. The second kappa shape index (κ2) is 9.25. The van der Waals surface area contributed by atoms with E-state index in [4.69, 9.17) is 10.00 Å². The molecule has 0 spiro atoms. The summed E-state index contributed by atoms with van der Waals surface area (Å²) in [7, 11) is 0. The Labute approximate surface area is 158 Å². The molecule has 0 aliphatic rings. The molecule has 2 rings (SSSR count). The topological polar surface area (TPSA) is 103 Å². The van der Waals surface area contributed by atoms with Gasteiger partial charge in [-0.15, -0.1) is 0 Å². The Kier molecular flexibility index (Phi) is 6.78. The molecule has 0 saturated heterocycles. The van der Waals surface area contributed by atoms with Crippen molar-refractivity contribution in [1.29, 1.82) is 5.26 Å². The number of rotatable bonds is 5. The Bertz CT molecular complexity index is 836. The predicted octanol–water partition coefficient (Wildman–Crippen LogP) is 2.59. The van der Waals surface area contributed by atoms with E-state index in [1.54, 1.807) is 6.92 Å². The lowest BCUT2D eigenvalue weighted by atomic mass is 10.1. The Balaban J connectivity index is 1.77. The van der Waals surface area contributed by atoms with Gasteiger partial charge in [0.2, 0.25) is 0 Å². The molecular weight excluding hydrogens is 344 g/mol. The number of hydrogen-bond acceptors (Lipinski definition) is 4. The van der Waals surface area contributed by atoms with E-state index in [0.29, 0.717) is 17.7 Å². The summed E-state index contributed by atoms with van der Waals surface area (Å²) in [5, 5.41) is 11.4. The number of carbonyl (C=O) groups is 2. The lowest BCUT2D eigenvalue weighted by molar-refractivity contribution is 0.0935. The molecule has 1 atom stereocenters. The summed E-state index contributed by atoms with van der Waals surface area (Å²) in [6, 6.07) is 13.1. The van der Waals surface area contributed by atoms with Crippen molar-refractivity contribution in [3.05, 3.63) is 64.7 Å². The molecule has 140 valence electrons. The number of aryl methyl sites for hydroxylation is 2. The molecule has 3 N–H and O–H groups in total. The van der Waals surface area contributed by atoms with Crippen molar-refractivity contribution in [2.24, 2.45) is 0 Å². The number of nitriles is 1. The molecule has 0 aliphatic carbocycles. The number of nitrogens with zero attached hydrogens (tertiary/aromatic N) is 1. The number of benzene rings is 2. The highest BCUT2D eigenvalue weighted by molar-refractivity contribution is 5.95. The van der Waals surface area contributed by atoms with Gasteiger partial charge in [0.15, 0.2) is 0 Å². The number of carbonyl (C=O) groups excluding carboxylic acids is 2. The highest BCUT2D eigenvalue weighted by Gasteiger charge is 2.11. The molecule has 0 radical (unpaired) electrons. The summed E-state index contributed by atoms with van der Waals surface area (Å²) in [6.07, 6.45) is 0. The lowest BCUT2D eigenvalue weighted by Crippen LogP contribution is -2.50. The largest absolute Gasteiger partial charge is 0.491 e. The minimum absolute atomic E-state index is 0.268. The monoisotopic (exact) mass is 366 g/mol. The number of hydrogen-bond donors (Lipinski definition) is 3. The lowest BCUT2D eigenvalue weighted by Gasteiger charge is -2.18. The molecule has 0 saturated carbocycles. The Hall–Kier alpha value is -3.53. The van der Waals surface area contributed by atoms with E-state index in [1.165, 1.54) is 24.3 Å². The fourth-order valence-electron chi connectivity index (χ4n) is 2.42. The van der Waals surface area contributed by atoms with Crippen LogP contribution >= 0.6 is 0 Å². The van der Waals surface area contributed by atoms with E-state index >= 15 is 0 Å². The highest BCUT2D eigenvalue weighted by atomic mass is 16.5. The van der Waals surface area contributed by atoms with Crippen LogP contribution in [0.1, 0.15) is 34.0 Å². The van der Waals surface area contributed by atoms with E-state index in [2.05, 4.69) is 16.2 Å². The van der Waals surface area contributed by atoms with Crippen LogP contribution in [0.3, 0.4) is 0 Å². The first kappa shape index (κ1) is 19.8. The Morgan fingerprint density at radius 3 is 2.30 bits per heavy atom. The molecule has 3 amide bonds. The molecule has 1 unspecified atom stereocenters. The van der Waals surface area contributed by atoms with Crippen LogP contribution in [0, 0.1) is 25.2 Å². The molecule has 0 bridgehead atoms. The minimum Gasteiger partial charge on any atom is -0.491 e. The third-order valence-electron chi connectivity index (χ3n) is 3.83. The number of amides is 3. The number of nitrogens with one attached hydrogen (secondary N) is 3. The van der Waals surface area contributed by atoms with Gasteiger partial charge < -0.3 is 10.1 Å². The molecule has 0 heterocycles. The van der Waals surface area contributed by atoms with Gasteiger partial charge in [-0.2, -0.15) is 5.26 Å². The van der Waals surface area contributed by atoms with Crippen LogP contribution in [-0.4, -0.2) is 24.6 Å². The van der Waals surface area contributed by atoms with Gasteiger partial charge in [0.25, 0.3) is 5.91 Å². The van der Waals surface area contributed by atoms with Crippen molar-refractivity contribution in [2.45, 2.75) is 26.8 Å². The van der Waals surface area contributed by atoms with E-state index < -0.39 is 11.9 Å². The molecule has 2 aromatic carbocycles. The van der Waals surface area contributed by atoms with Crippen LogP contribution in [0.15, 0.2) is 42.5 Å². The molecule has 7 heteroatoms. The fourth-order valence-corrected chi connectivity index (χ4v) is 2.42. The van der Waals surface area contributed by atoms with E-state index in [-0.39, 0.29) is 6.04 Å². The summed E-state index contributed by atoms with van der Waals surface area (Å²) >= 11 is 0. The predicted molar refractivity (Wildman–Crippen MR) is 101 cm³/mol. The quantitative estimate of drug-likeness (QED) is 0.708.